The molecule has 5 rings (SSSR count). The molecule has 2 aliphatic rings. The number of anilines is 1. The fraction of sp³-hybridized carbons (Fsp3) is 0.192. The van der Waals surface area contributed by atoms with Crippen molar-refractivity contribution in [1.29, 1.82) is 0 Å². The van der Waals surface area contributed by atoms with Crippen LogP contribution in [-0.2, 0) is 19.1 Å². The predicted octanol–water partition coefficient (Wildman–Crippen LogP) is 1.68. The summed E-state index contributed by atoms with van der Waals surface area (Å²) in [5, 5.41) is 0. The first-order valence-electron chi connectivity index (χ1n) is 11.0. The maximum Gasteiger partial charge on any atom is 0.338 e. The second-order valence-corrected chi connectivity index (χ2v) is 9.20. The number of thiazole rings is 1. The molecular formula is C26H21N3O6S. The van der Waals surface area contributed by atoms with Gasteiger partial charge in [-0.15, -0.1) is 0 Å². The number of allylic oxidation sites excluding steroid dienone is 1. The van der Waals surface area contributed by atoms with Crippen LogP contribution in [0.1, 0.15) is 31.0 Å². The van der Waals surface area contributed by atoms with Crippen LogP contribution in [0.2, 0.25) is 0 Å². The first-order valence-corrected chi connectivity index (χ1v) is 11.8. The fourth-order valence-corrected chi connectivity index (χ4v) is 5.73. The number of fused-ring (bicyclic) bond motifs is 2. The van der Waals surface area contributed by atoms with E-state index in [1.807, 2.05) is 0 Å². The summed E-state index contributed by atoms with van der Waals surface area (Å²) in [6, 6.07) is 13.0. The molecule has 0 N–H and O–H groups in total. The highest BCUT2D eigenvalue weighted by atomic mass is 32.1. The number of nitrogens with zero attached hydrogens (tertiary/aromatic N) is 3. The summed E-state index contributed by atoms with van der Waals surface area (Å²) in [6.45, 7) is 2.98. The molecule has 1 atom stereocenters. The minimum absolute atomic E-state index is 0.138. The number of hydrogen-bond acceptors (Lipinski definition) is 8. The van der Waals surface area contributed by atoms with Crippen molar-refractivity contribution >= 4 is 40.4 Å². The van der Waals surface area contributed by atoms with Gasteiger partial charge in [-0.05, 0) is 30.7 Å². The normalized spacial score (nSPS) is 17.9. The Kier molecular flexibility index (Phi) is 5.68. The van der Waals surface area contributed by atoms with Crippen molar-refractivity contribution in [3.05, 3.63) is 90.6 Å². The molecular weight excluding hydrogens is 482 g/mol. The number of carbonyl (C=O) groups excluding carboxylic acids is 3. The van der Waals surface area contributed by atoms with Crippen LogP contribution in [0.15, 0.2) is 69.6 Å². The smallest absolute Gasteiger partial charge is 0.338 e. The number of esters is 1. The highest BCUT2D eigenvalue weighted by Crippen LogP contribution is 2.36. The summed E-state index contributed by atoms with van der Waals surface area (Å²) in [4.78, 5) is 58.3. The first-order chi connectivity index (χ1) is 17.3. The van der Waals surface area contributed by atoms with Gasteiger partial charge in [0.05, 0.1) is 42.8 Å². The number of ether oxygens (including phenoxy) is 2. The van der Waals surface area contributed by atoms with Crippen LogP contribution in [0, 0.1) is 0 Å². The molecule has 2 aromatic carbocycles. The van der Waals surface area contributed by atoms with Gasteiger partial charge in [-0.1, -0.05) is 41.7 Å². The molecule has 182 valence electrons. The molecule has 0 bridgehead atoms. The number of benzene rings is 2. The highest BCUT2D eigenvalue weighted by Gasteiger charge is 2.38. The number of amides is 2. The van der Waals surface area contributed by atoms with Gasteiger partial charge in [0, 0.05) is 12.5 Å². The van der Waals surface area contributed by atoms with E-state index in [-0.39, 0.29) is 15.7 Å². The third kappa shape index (κ3) is 3.41. The summed E-state index contributed by atoms with van der Waals surface area (Å²) in [6.07, 6.45) is 0. The van der Waals surface area contributed by atoms with Gasteiger partial charge in [0.2, 0.25) is 5.91 Å². The maximum atomic E-state index is 13.9. The van der Waals surface area contributed by atoms with Crippen molar-refractivity contribution in [2.45, 2.75) is 19.9 Å². The quantitative estimate of drug-likeness (QED) is 0.504. The molecule has 0 saturated carbocycles. The SMILES string of the molecule is COC(=O)C1=C(C)N=c2s/c(=C3\C(=O)N(C(C)=O)c4ccccc43)c(=O)n2C1c1ccc(OC)cc1. The number of hydrogen-bond donors (Lipinski definition) is 0. The van der Waals surface area contributed by atoms with Gasteiger partial charge in [-0.3, -0.25) is 19.0 Å². The zero-order chi connectivity index (χ0) is 25.7. The summed E-state index contributed by atoms with van der Waals surface area (Å²) in [5.41, 5.74) is 1.84. The Morgan fingerprint density at radius 3 is 2.36 bits per heavy atom. The molecule has 3 heterocycles. The van der Waals surface area contributed by atoms with Gasteiger partial charge in [0.15, 0.2) is 4.80 Å². The van der Waals surface area contributed by atoms with Crippen LogP contribution in [0.3, 0.4) is 0 Å². The number of carbonyl (C=O) groups is 3. The van der Waals surface area contributed by atoms with Crippen LogP contribution < -0.4 is 24.5 Å². The average Bonchev–Trinajstić information content (AvgIpc) is 3.35. The molecule has 0 spiro atoms. The standard InChI is InChI=1S/C26H21N3O6S/c1-13-19(25(33)35-4)21(15-9-11-16(34-3)12-10-15)29-24(32)22(36-26(29)27-13)20-17-7-5-6-8-18(17)28(14(2)30)23(20)31/h5-12,21H,1-4H3/b22-20-. The molecule has 36 heavy (non-hydrogen) atoms. The molecule has 2 aliphatic heterocycles. The lowest BCUT2D eigenvalue weighted by molar-refractivity contribution is -0.136. The van der Waals surface area contributed by atoms with Gasteiger partial charge in [-0.25, -0.2) is 14.7 Å². The van der Waals surface area contributed by atoms with Crippen LogP contribution in [0.25, 0.3) is 5.57 Å². The number of rotatable bonds is 3. The van der Waals surface area contributed by atoms with Crippen LogP contribution >= 0.6 is 11.3 Å². The number of methoxy groups -OCH3 is 2. The van der Waals surface area contributed by atoms with Gasteiger partial charge < -0.3 is 9.47 Å². The Morgan fingerprint density at radius 1 is 1.03 bits per heavy atom. The van der Waals surface area contributed by atoms with Crippen LogP contribution in [0.4, 0.5) is 5.69 Å². The van der Waals surface area contributed by atoms with E-state index in [9.17, 15) is 19.2 Å². The largest absolute Gasteiger partial charge is 0.497 e. The number of aromatic nitrogens is 1. The van der Waals surface area contributed by atoms with E-state index in [2.05, 4.69) is 4.99 Å². The van der Waals surface area contributed by atoms with E-state index in [1.54, 1.807) is 62.6 Å². The van der Waals surface area contributed by atoms with Gasteiger partial charge in [-0.2, -0.15) is 0 Å². The summed E-state index contributed by atoms with van der Waals surface area (Å²) >= 11 is 1.05. The zero-order valence-corrected chi connectivity index (χ0v) is 20.7. The molecule has 9 nitrogen and oxygen atoms in total. The van der Waals surface area contributed by atoms with Crippen molar-refractivity contribution in [3.63, 3.8) is 0 Å². The van der Waals surface area contributed by atoms with Crippen molar-refractivity contribution < 1.29 is 23.9 Å². The molecule has 1 unspecified atom stereocenters. The van der Waals surface area contributed by atoms with Gasteiger partial charge in [0.1, 0.15) is 10.3 Å². The minimum Gasteiger partial charge on any atom is -0.497 e. The van der Waals surface area contributed by atoms with E-state index >= 15 is 0 Å². The van der Waals surface area contributed by atoms with E-state index in [1.165, 1.54) is 18.6 Å². The van der Waals surface area contributed by atoms with Crippen LogP contribution in [0.5, 0.6) is 5.75 Å². The Balaban J connectivity index is 1.83. The minimum atomic E-state index is -0.829. The summed E-state index contributed by atoms with van der Waals surface area (Å²) in [7, 11) is 2.82. The Morgan fingerprint density at radius 2 is 1.72 bits per heavy atom. The Hall–Kier alpha value is -4.31. The number of imide groups is 1. The highest BCUT2D eigenvalue weighted by molar-refractivity contribution is 7.07. The fourth-order valence-electron chi connectivity index (χ4n) is 4.59. The third-order valence-corrected chi connectivity index (χ3v) is 7.26. The maximum absolute atomic E-state index is 13.9. The second kappa shape index (κ2) is 8.72. The lowest BCUT2D eigenvalue weighted by Gasteiger charge is -2.24. The molecule has 0 saturated heterocycles. The van der Waals surface area contributed by atoms with Crippen molar-refractivity contribution in [2.75, 3.05) is 19.1 Å². The molecule has 2 amide bonds. The molecule has 10 heteroatoms. The summed E-state index contributed by atoms with van der Waals surface area (Å²) < 4.78 is 11.8. The van der Waals surface area contributed by atoms with Crippen molar-refractivity contribution in [3.8, 4) is 5.75 Å². The molecule has 0 fully saturated rings. The van der Waals surface area contributed by atoms with Gasteiger partial charge in [0.25, 0.3) is 11.5 Å². The van der Waals surface area contributed by atoms with E-state index < -0.39 is 29.4 Å². The predicted molar refractivity (Wildman–Crippen MR) is 132 cm³/mol. The lowest BCUT2D eigenvalue weighted by atomic mass is 9.96. The zero-order valence-electron chi connectivity index (χ0n) is 19.9. The Bertz CT molecular complexity index is 1660. The Labute approximate surface area is 209 Å². The molecule has 3 aromatic rings. The lowest BCUT2D eigenvalue weighted by Crippen LogP contribution is -2.41. The number of para-hydroxylation sites is 1. The van der Waals surface area contributed by atoms with Gasteiger partial charge >= 0.3 is 5.97 Å². The third-order valence-electron chi connectivity index (χ3n) is 6.21. The first kappa shape index (κ1) is 23.4. The van der Waals surface area contributed by atoms with Crippen LogP contribution in [-0.4, -0.2) is 36.6 Å². The van der Waals surface area contributed by atoms with E-state index in [0.717, 1.165) is 16.2 Å². The second-order valence-electron chi connectivity index (χ2n) is 8.22. The molecule has 1 aromatic heterocycles. The monoisotopic (exact) mass is 503 g/mol. The average molecular weight is 504 g/mol. The summed E-state index contributed by atoms with van der Waals surface area (Å²) in [5.74, 6) is -1.01. The topological polar surface area (TPSA) is 107 Å². The van der Waals surface area contributed by atoms with Crippen molar-refractivity contribution in [1.82, 2.24) is 4.57 Å². The van der Waals surface area contributed by atoms with E-state index in [0.29, 0.717) is 33.1 Å². The molecule has 0 aliphatic carbocycles. The van der Waals surface area contributed by atoms with Crippen molar-refractivity contribution in [2.24, 2.45) is 4.99 Å². The molecule has 0 radical (unpaired) electrons. The van der Waals surface area contributed by atoms with E-state index in [4.69, 9.17) is 9.47 Å².